The van der Waals surface area contributed by atoms with Crippen molar-refractivity contribution in [1.29, 1.82) is 0 Å². The molecule has 1 amide bonds. The minimum atomic E-state index is -0.564. The van der Waals surface area contributed by atoms with Gasteiger partial charge in [-0.05, 0) is 37.5 Å². The quantitative estimate of drug-likeness (QED) is 0.913. The fourth-order valence-corrected chi connectivity index (χ4v) is 2.33. The first-order chi connectivity index (χ1) is 8.49. The molecule has 2 unspecified atom stereocenters. The van der Waals surface area contributed by atoms with Gasteiger partial charge in [-0.15, -0.1) is 12.4 Å². The summed E-state index contributed by atoms with van der Waals surface area (Å²) in [7, 11) is 0. The van der Waals surface area contributed by atoms with Crippen molar-refractivity contribution in [3.63, 3.8) is 0 Å². The predicted octanol–water partition coefficient (Wildman–Crippen LogP) is 2.71. The number of hydrogen-bond donors (Lipinski definition) is 1. The molecule has 1 aromatic carbocycles. The molecule has 19 heavy (non-hydrogen) atoms. The lowest BCUT2D eigenvalue weighted by Gasteiger charge is -2.18. The SMILES string of the molecule is CC(N)C1CCN(C(=O)c2ccc(Cl)c(F)c2)C1.Cl. The molecule has 1 aliphatic heterocycles. The van der Waals surface area contributed by atoms with Crippen LogP contribution in [0.25, 0.3) is 0 Å². The van der Waals surface area contributed by atoms with Gasteiger partial charge in [-0.25, -0.2) is 4.39 Å². The van der Waals surface area contributed by atoms with E-state index in [-0.39, 0.29) is 29.4 Å². The van der Waals surface area contributed by atoms with E-state index in [1.807, 2.05) is 6.92 Å². The van der Waals surface area contributed by atoms with Crippen LogP contribution in [0.4, 0.5) is 4.39 Å². The average molecular weight is 307 g/mol. The third-order valence-electron chi connectivity index (χ3n) is 3.42. The summed E-state index contributed by atoms with van der Waals surface area (Å²) >= 11 is 5.59. The summed E-state index contributed by atoms with van der Waals surface area (Å²) in [6.07, 6.45) is 0.902. The lowest BCUT2D eigenvalue weighted by Crippen LogP contribution is -2.33. The van der Waals surface area contributed by atoms with Crippen molar-refractivity contribution in [3.8, 4) is 0 Å². The summed E-state index contributed by atoms with van der Waals surface area (Å²) < 4.78 is 13.3. The first kappa shape index (κ1) is 16.2. The summed E-state index contributed by atoms with van der Waals surface area (Å²) in [6.45, 7) is 3.26. The van der Waals surface area contributed by atoms with Gasteiger partial charge in [0.2, 0.25) is 0 Å². The fraction of sp³-hybridized carbons (Fsp3) is 0.462. The first-order valence-electron chi connectivity index (χ1n) is 5.99. The van der Waals surface area contributed by atoms with Gasteiger partial charge in [-0.2, -0.15) is 0 Å². The molecule has 0 spiro atoms. The van der Waals surface area contributed by atoms with Crippen molar-refractivity contribution in [3.05, 3.63) is 34.6 Å². The van der Waals surface area contributed by atoms with E-state index in [9.17, 15) is 9.18 Å². The molecule has 2 N–H and O–H groups in total. The second-order valence-corrected chi connectivity index (χ2v) is 5.20. The number of carbonyl (C=O) groups is 1. The van der Waals surface area contributed by atoms with Crippen LogP contribution in [0.2, 0.25) is 5.02 Å². The van der Waals surface area contributed by atoms with E-state index in [1.54, 1.807) is 11.0 Å². The van der Waals surface area contributed by atoms with Crippen molar-refractivity contribution >= 4 is 29.9 Å². The van der Waals surface area contributed by atoms with Crippen LogP contribution in [0.3, 0.4) is 0 Å². The van der Waals surface area contributed by atoms with Crippen LogP contribution in [0.1, 0.15) is 23.7 Å². The van der Waals surface area contributed by atoms with Crippen molar-refractivity contribution in [2.75, 3.05) is 13.1 Å². The zero-order valence-corrected chi connectivity index (χ0v) is 12.2. The van der Waals surface area contributed by atoms with E-state index in [0.29, 0.717) is 24.6 Å². The number of hydrogen-bond acceptors (Lipinski definition) is 2. The minimum Gasteiger partial charge on any atom is -0.338 e. The van der Waals surface area contributed by atoms with E-state index in [4.69, 9.17) is 17.3 Å². The summed E-state index contributed by atoms with van der Waals surface area (Å²) in [5, 5.41) is 0.0291. The zero-order valence-electron chi connectivity index (χ0n) is 10.6. The molecule has 0 bridgehead atoms. The number of nitrogens with two attached hydrogens (primary N) is 1. The van der Waals surface area contributed by atoms with E-state index >= 15 is 0 Å². The van der Waals surface area contributed by atoms with Crippen molar-refractivity contribution < 1.29 is 9.18 Å². The summed E-state index contributed by atoms with van der Waals surface area (Å²) in [5.41, 5.74) is 6.16. The molecule has 3 nitrogen and oxygen atoms in total. The Hall–Kier alpha value is -0.840. The van der Waals surface area contributed by atoms with Gasteiger partial charge in [-0.1, -0.05) is 11.6 Å². The molecule has 1 saturated heterocycles. The Morgan fingerprint density at radius 1 is 1.58 bits per heavy atom. The normalized spacial score (nSPS) is 20.0. The number of carbonyl (C=O) groups excluding carboxylic acids is 1. The highest BCUT2D eigenvalue weighted by molar-refractivity contribution is 6.30. The summed E-state index contributed by atoms with van der Waals surface area (Å²) in [6, 6.07) is 4.21. The minimum absolute atomic E-state index is 0. The maximum absolute atomic E-state index is 13.3. The highest BCUT2D eigenvalue weighted by Crippen LogP contribution is 2.22. The molecule has 2 rings (SSSR count). The van der Waals surface area contributed by atoms with Gasteiger partial charge in [0.15, 0.2) is 0 Å². The molecule has 1 aromatic rings. The van der Waals surface area contributed by atoms with Crippen LogP contribution >= 0.6 is 24.0 Å². The van der Waals surface area contributed by atoms with Crippen molar-refractivity contribution in [1.82, 2.24) is 4.90 Å². The number of nitrogens with zero attached hydrogens (tertiary/aromatic N) is 1. The van der Waals surface area contributed by atoms with Gasteiger partial charge in [-0.3, -0.25) is 4.79 Å². The standard InChI is InChI=1S/C13H16ClFN2O.ClH/c1-8(16)10-4-5-17(7-10)13(18)9-2-3-11(14)12(15)6-9;/h2-3,6,8,10H,4-5,7,16H2,1H3;1H. The number of benzene rings is 1. The molecule has 0 saturated carbocycles. The van der Waals surface area contributed by atoms with Gasteiger partial charge < -0.3 is 10.6 Å². The molecule has 1 heterocycles. The second kappa shape index (κ2) is 6.55. The van der Waals surface area contributed by atoms with Gasteiger partial charge in [0, 0.05) is 24.7 Å². The van der Waals surface area contributed by atoms with E-state index in [0.717, 1.165) is 6.42 Å². The predicted molar refractivity (Wildman–Crippen MR) is 76.3 cm³/mol. The molecular formula is C13H17Cl2FN2O. The van der Waals surface area contributed by atoms with E-state index in [1.165, 1.54) is 12.1 Å². The van der Waals surface area contributed by atoms with Crippen LogP contribution in [0.15, 0.2) is 18.2 Å². The van der Waals surface area contributed by atoms with Crippen LogP contribution in [-0.4, -0.2) is 29.9 Å². The number of amides is 1. The van der Waals surface area contributed by atoms with Crippen molar-refractivity contribution in [2.45, 2.75) is 19.4 Å². The first-order valence-corrected chi connectivity index (χ1v) is 6.36. The monoisotopic (exact) mass is 306 g/mol. The molecule has 2 atom stereocenters. The molecular weight excluding hydrogens is 290 g/mol. The Morgan fingerprint density at radius 3 is 2.79 bits per heavy atom. The summed E-state index contributed by atoms with van der Waals surface area (Å²) in [5.74, 6) is -0.398. The topological polar surface area (TPSA) is 46.3 Å². The van der Waals surface area contributed by atoms with Crippen LogP contribution < -0.4 is 5.73 Å². The molecule has 0 aliphatic carbocycles. The Morgan fingerprint density at radius 2 is 2.26 bits per heavy atom. The maximum atomic E-state index is 13.3. The fourth-order valence-electron chi connectivity index (χ4n) is 2.21. The van der Waals surface area contributed by atoms with Crippen LogP contribution in [0.5, 0.6) is 0 Å². The van der Waals surface area contributed by atoms with E-state index in [2.05, 4.69) is 0 Å². The third kappa shape index (κ3) is 3.59. The van der Waals surface area contributed by atoms with E-state index < -0.39 is 5.82 Å². The number of rotatable bonds is 2. The molecule has 0 aromatic heterocycles. The zero-order chi connectivity index (χ0) is 13.3. The lowest BCUT2D eigenvalue weighted by molar-refractivity contribution is 0.0785. The van der Waals surface area contributed by atoms with Gasteiger partial charge >= 0.3 is 0 Å². The Labute approximate surface area is 123 Å². The molecule has 0 radical (unpaired) electrons. The molecule has 106 valence electrons. The Kier molecular flexibility index (Phi) is 5.59. The third-order valence-corrected chi connectivity index (χ3v) is 3.73. The lowest BCUT2D eigenvalue weighted by atomic mass is 10.0. The van der Waals surface area contributed by atoms with Crippen LogP contribution in [0, 0.1) is 11.7 Å². The van der Waals surface area contributed by atoms with Gasteiger partial charge in [0.25, 0.3) is 5.91 Å². The molecule has 1 fully saturated rings. The summed E-state index contributed by atoms with van der Waals surface area (Å²) in [4.78, 5) is 13.9. The van der Waals surface area contributed by atoms with Crippen LogP contribution in [-0.2, 0) is 0 Å². The Balaban J connectivity index is 0.00000180. The van der Waals surface area contributed by atoms with Gasteiger partial charge in [0.05, 0.1) is 5.02 Å². The largest absolute Gasteiger partial charge is 0.338 e. The molecule has 1 aliphatic rings. The van der Waals surface area contributed by atoms with Gasteiger partial charge in [0.1, 0.15) is 5.82 Å². The molecule has 6 heteroatoms. The number of likely N-dealkylation sites (tertiary alicyclic amines) is 1. The highest BCUT2D eigenvalue weighted by Gasteiger charge is 2.29. The van der Waals surface area contributed by atoms with Crippen molar-refractivity contribution in [2.24, 2.45) is 11.7 Å². The maximum Gasteiger partial charge on any atom is 0.253 e. The smallest absolute Gasteiger partial charge is 0.253 e. The second-order valence-electron chi connectivity index (χ2n) is 4.79. The number of halogens is 3. The average Bonchev–Trinajstić information content (AvgIpc) is 2.81. The Bertz CT molecular complexity index is 468. The highest BCUT2D eigenvalue weighted by atomic mass is 35.5.